The maximum Gasteiger partial charge on any atom is 0.160 e. The molecular weight excluding hydrogens is 604 g/mol. The number of ether oxygens (including phenoxy) is 1. The van der Waals surface area contributed by atoms with Gasteiger partial charge in [0.15, 0.2) is 23.0 Å². The molecular formula is C41H50O7. The number of aliphatic hydroxyl groups is 2. The second-order valence-corrected chi connectivity index (χ2v) is 13.7. The molecule has 0 saturated heterocycles. The second-order valence-electron chi connectivity index (χ2n) is 13.7. The van der Waals surface area contributed by atoms with Gasteiger partial charge in [-0.3, -0.25) is 4.79 Å². The number of aromatic hydroxyl groups is 3. The number of phenols is 3. The van der Waals surface area contributed by atoms with Crippen LogP contribution in [0.2, 0.25) is 0 Å². The summed E-state index contributed by atoms with van der Waals surface area (Å²) >= 11 is 0. The molecule has 0 heterocycles. The summed E-state index contributed by atoms with van der Waals surface area (Å²) in [6.45, 7) is 2.11. The number of benzene rings is 3. The molecule has 0 unspecified atom stereocenters. The number of aliphatic hydroxyl groups excluding tert-OH is 2. The van der Waals surface area contributed by atoms with Crippen LogP contribution in [0.15, 0.2) is 66.7 Å². The largest absolute Gasteiger partial charge is 0.504 e. The Bertz CT molecular complexity index is 1590. The summed E-state index contributed by atoms with van der Waals surface area (Å²) in [5.74, 6) is 4.90. The summed E-state index contributed by atoms with van der Waals surface area (Å²) < 4.78 is 5.45. The molecule has 0 aliphatic heterocycles. The second kappa shape index (κ2) is 15.9. The summed E-state index contributed by atoms with van der Waals surface area (Å²) in [6.07, 6.45) is 4.98. The molecule has 7 nitrogen and oxygen atoms in total. The standard InChI is InChI=1S/C41H50O7/c1-3-4-6-15-31-36(44)26-32(29-18-20-35(43)38(24-29)48-2)28(23-27-12-7-5-8-13-27)14-11-16-33(40(31)47)41(22-10-9-17-39(41)46)30-19-21-34(42)37(45)25-30/h5,7-8,12-13,18-21,24-25,28,31-33,39-40,42-43,45-47H,3-4,6,9-10,15-17,22-23,26H2,1-2H3/t28-,31+,32+,33-,39+,40+,41-/m1/s1. The first kappa shape index (κ1) is 35.3. The van der Waals surface area contributed by atoms with Crippen molar-refractivity contribution in [2.24, 2.45) is 17.8 Å². The maximum atomic E-state index is 14.7. The van der Waals surface area contributed by atoms with Gasteiger partial charge in [-0.1, -0.05) is 87.4 Å². The number of rotatable bonds is 10. The smallest absolute Gasteiger partial charge is 0.160 e. The minimum Gasteiger partial charge on any atom is -0.504 e. The number of Topliss-reactive ketones (excluding diaryl/α,β-unsaturated/α-hetero) is 1. The zero-order valence-electron chi connectivity index (χ0n) is 28.1. The quantitative estimate of drug-likeness (QED) is 0.0891. The van der Waals surface area contributed by atoms with Crippen molar-refractivity contribution >= 4 is 5.78 Å². The highest BCUT2D eigenvalue weighted by molar-refractivity contribution is 5.82. The van der Waals surface area contributed by atoms with E-state index in [1.807, 2.05) is 24.3 Å². The number of hydrogen-bond acceptors (Lipinski definition) is 7. The summed E-state index contributed by atoms with van der Waals surface area (Å²) in [7, 11) is 1.50. The number of phenolic OH excluding ortho intramolecular Hbond substituents is 3. The van der Waals surface area contributed by atoms with Gasteiger partial charge in [0.25, 0.3) is 0 Å². The van der Waals surface area contributed by atoms with E-state index >= 15 is 0 Å². The molecule has 2 aliphatic carbocycles. The number of unbranched alkanes of at least 4 members (excludes halogenated alkanes) is 2. The number of carbonyl (C=O) groups excluding carboxylic acids is 1. The van der Waals surface area contributed by atoms with Gasteiger partial charge in [-0.15, -0.1) is 5.92 Å². The van der Waals surface area contributed by atoms with Crippen molar-refractivity contribution in [2.45, 2.75) is 101 Å². The molecule has 0 radical (unpaired) electrons. The number of carbonyl (C=O) groups is 1. The molecule has 1 fully saturated rings. The van der Waals surface area contributed by atoms with Crippen molar-refractivity contribution in [1.82, 2.24) is 0 Å². The van der Waals surface area contributed by atoms with E-state index in [1.54, 1.807) is 18.2 Å². The van der Waals surface area contributed by atoms with Crippen LogP contribution in [0.4, 0.5) is 0 Å². The first-order valence-corrected chi connectivity index (χ1v) is 17.5. The molecule has 0 amide bonds. The average Bonchev–Trinajstić information content (AvgIpc) is 3.09. The van der Waals surface area contributed by atoms with E-state index in [2.05, 4.69) is 30.9 Å². The summed E-state index contributed by atoms with van der Waals surface area (Å²) in [5.41, 5.74) is 1.60. The number of ketones is 1. The van der Waals surface area contributed by atoms with Crippen LogP contribution in [0.1, 0.15) is 93.7 Å². The molecule has 7 heteroatoms. The third-order valence-corrected chi connectivity index (χ3v) is 10.9. The minimum atomic E-state index is -1.09. The monoisotopic (exact) mass is 654 g/mol. The average molecular weight is 655 g/mol. The van der Waals surface area contributed by atoms with Gasteiger partial charge in [0, 0.05) is 41.9 Å². The highest BCUT2D eigenvalue weighted by atomic mass is 16.5. The lowest BCUT2D eigenvalue weighted by atomic mass is 9.56. The van der Waals surface area contributed by atoms with E-state index < -0.39 is 29.5 Å². The Morgan fingerprint density at radius 2 is 1.69 bits per heavy atom. The first-order chi connectivity index (χ1) is 23.2. The molecule has 48 heavy (non-hydrogen) atoms. The Labute approximate surface area is 284 Å². The van der Waals surface area contributed by atoms with Crippen LogP contribution in [0.5, 0.6) is 23.0 Å². The fraction of sp³-hybridized carbons (Fsp3) is 0.488. The van der Waals surface area contributed by atoms with E-state index in [9.17, 15) is 30.3 Å². The highest BCUT2D eigenvalue weighted by Crippen LogP contribution is 2.51. The predicted octanol–water partition coefficient (Wildman–Crippen LogP) is 7.17. The van der Waals surface area contributed by atoms with Crippen LogP contribution >= 0.6 is 0 Å². The van der Waals surface area contributed by atoms with Gasteiger partial charge < -0.3 is 30.3 Å². The molecule has 5 rings (SSSR count). The van der Waals surface area contributed by atoms with Crippen molar-refractivity contribution in [2.75, 3.05) is 7.11 Å². The molecule has 256 valence electrons. The third-order valence-electron chi connectivity index (χ3n) is 10.9. The molecule has 3 aromatic carbocycles. The Morgan fingerprint density at radius 3 is 2.40 bits per heavy atom. The van der Waals surface area contributed by atoms with Gasteiger partial charge in [0.05, 0.1) is 19.3 Å². The topological polar surface area (TPSA) is 127 Å². The van der Waals surface area contributed by atoms with Gasteiger partial charge in [-0.2, -0.15) is 0 Å². The Balaban J connectivity index is 1.67. The van der Waals surface area contributed by atoms with E-state index in [0.29, 0.717) is 37.0 Å². The van der Waals surface area contributed by atoms with E-state index in [-0.39, 0.29) is 47.7 Å². The van der Waals surface area contributed by atoms with Crippen molar-refractivity contribution in [3.63, 3.8) is 0 Å². The zero-order chi connectivity index (χ0) is 34.3. The normalized spacial score (nSPS) is 27.9. The summed E-state index contributed by atoms with van der Waals surface area (Å²) in [6, 6.07) is 19.9. The van der Waals surface area contributed by atoms with Crippen LogP contribution < -0.4 is 4.74 Å². The molecule has 5 N–H and O–H groups in total. The lowest BCUT2D eigenvalue weighted by Crippen LogP contribution is -2.54. The lowest BCUT2D eigenvalue weighted by Gasteiger charge is -2.50. The fourth-order valence-electron chi connectivity index (χ4n) is 8.25. The lowest BCUT2D eigenvalue weighted by molar-refractivity contribution is -0.132. The van der Waals surface area contributed by atoms with Crippen molar-refractivity contribution in [3.8, 4) is 34.8 Å². The summed E-state index contributed by atoms with van der Waals surface area (Å²) in [5, 5.41) is 55.4. The van der Waals surface area contributed by atoms with E-state index in [4.69, 9.17) is 4.74 Å². The van der Waals surface area contributed by atoms with Crippen LogP contribution in [0.25, 0.3) is 0 Å². The Morgan fingerprint density at radius 1 is 0.917 bits per heavy atom. The summed E-state index contributed by atoms with van der Waals surface area (Å²) in [4.78, 5) is 14.7. The SMILES string of the molecule is CCCCC[C@H]1C(=O)C[C@H](c2ccc(O)c(OC)c2)[C@@H](Cc2ccccc2)C#CC[C@@H]([C@]2(c3ccc(O)c(O)c3)CCCC[C@@H]2O)[C@H]1O. The van der Waals surface area contributed by atoms with Crippen LogP contribution in [0, 0.1) is 29.6 Å². The minimum absolute atomic E-state index is 0.0189. The number of methoxy groups -OCH3 is 1. The van der Waals surface area contributed by atoms with Gasteiger partial charge in [-0.25, -0.2) is 0 Å². The molecule has 0 aromatic heterocycles. The van der Waals surface area contributed by atoms with Gasteiger partial charge in [0.2, 0.25) is 0 Å². The molecule has 1 saturated carbocycles. The highest BCUT2D eigenvalue weighted by Gasteiger charge is 2.52. The molecule has 7 atom stereocenters. The Kier molecular flexibility index (Phi) is 11.7. The zero-order valence-corrected chi connectivity index (χ0v) is 28.1. The van der Waals surface area contributed by atoms with Gasteiger partial charge in [0.1, 0.15) is 5.78 Å². The van der Waals surface area contributed by atoms with Crippen molar-refractivity contribution in [3.05, 3.63) is 83.4 Å². The van der Waals surface area contributed by atoms with Gasteiger partial charge >= 0.3 is 0 Å². The van der Waals surface area contributed by atoms with E-state index in [1.165, 1.54) is 19.2 Å². The van der Waals surface area contributed by atoms with Crippen molar-refractivity contribution < 1.29 is 35.1 Å². The van der Waals surface area contributed by atoms with Crippen LogP contribution in [-0.2, 0) is 16.6 Å². The first-order valence-electron chi connectivity index (χ1n) is 17.5. The Hall–Kier alpha value is -3.99. The fourth-order valence-corrected chi connectivity index (χ4v) is 8.25. The molecule has 2 aliphatic rings. The van der Waals surface area contributed by atoms with Crippen LogP contribution in [-0.4, -0.2) is 50.6 Å². The predicted molar refractivity (Wildman–Crippen MR) is 186 cm³/mol. The van der Waals surface area contributed by atoms with Crippen molar-refractivity contribution in [1.29, 1.82) is 0 Å². The molecule has 0 spiro atoms. The van der Waals surface area contributed by atoms with Crippen LogP contribution in [0.3, 0.4) is 0 Å². The number of hydrogen-bond donors (Lipinski definition) is 5. The molecule has 0 bridgehead atoms. The third kappa shape index (κ3) is 7.51. The molecule has 3 aromatic rings. The van der Waals surface area contributed by atoms with E-state index in [0.717, 1.165) is 43.2 Å². The van der Waals surface area contributed by atoms with Gasteiger partial charge in [-0.05, 0) is 66.6 Å². The maximum absolute atomic E-state index is 14.7.